The van der Waals surface area contributed by atoms with Crippen molar-refractivity contribution in [1.82, 2.24) is 9.97 Å². The molecule has 0 amide bonds. The third kappa shape index (κ3) is 5.41. The molecular weight excluding hydrogens is 377 g/mol. The number of benzene rings is 1. The van der Waals surface area contributed by atoms with E-state index >= 15 is 0 Å². The zero-order chi connectivity index (χ0) is 20.6. The van der Waals surface area contributed by atoms with Crippen molar-refractivity contribution in [1.29, 1.82) is 0 Å². The third-order valence-electron chi connectivity index (χ3n) is 4.83. The Hall–Kier alpha value is -2.74. The van der Waals surface area contributed by atoms with Gasteiger partial charge in [-0.3, -0.25) is 4.79 Å². The number of aromatic nitrogens is 2. The number of piperidine rings is 1. The lowest BCUT2D eigenvalue weighted by atomic mass is 9.97. The second kappa shape index (κ2) is 10.2. The Morgan fingerprint density at radius 3 is 2.83 bits per heavy atom. The molecule has 8 heteroatoms. The van der Waals surface area contributed by atoms with Crippen molar-refractivity contribution in [2.24, 2.45) is 5.92 Å². The van der Waals surface area contributed by atoms with Crippen molar-refractivity contribution in [3.8, 4) is 17.0 Å². The van der Waals surface area contributed by atoms with Gasteiger partial charge in [-0.1, -0.05) is 0 Å². The molecule has 2 aromatic rings. The van der Waals surface area contributed by atoms with E-state index < -0.39 is 5.82 Å². The summed E-state index contributed by atoms with van der Waals surface area (Å²) in [5.74, 6) is 0.382. The van der Waals surface area contributed by atoms with Gasteiger partial charge >= 0.3 is 5.97 Å². The smallest absolute Gasteiger partial charge is 0.309 e. The first-order chi connectivity index (χ1) is 14.1. The highest BCUT2D eigenvalue weighted by Crippen LogP contribution is 2.28. The highest BCUT2D eigenvalue weighted by atomic mass is 19.1. The standard InChI is InChI=1S/C21H26FN3O4/c1-2-28-20(27)15-7-10-25(11-8-15)21-23-9-6-19(24-21)17-14-16(4-5-18(17)22)29-13-3-12-26/h4-6,9,14-15,26H,2-3,7-8,10-13H2,1H3. The van der Waals surface area contributed by atoms with E-state index in [9.17, 15) is 9.18 Å². The van der Waals surface area contributed by atoms with Crippen LogP contribution in [-0.4, -0.2) is 54.0 Å². The van der Waals surface area contributed by atoms with Crippen LogP contribution in [-0.2, 0) is 9.53 Å². The first-order valence-corrected chi connectivity index (χ1v) is 9.90. The maximum Gasteiger partial charge on any atom is 0.309 e. The Labute approximate surface area is 169 Å². The summed E-state index contributed by atoms with van der Waals surface area (Å²) < 4.78 is 25.1. The van der Waals surface area contributed by atoms with Gasteiger partial charge in [0, 0.05) is 37.9 Å². The van der Waals surface area contributed by atoms with Crippen LogP contribution in [0.4, 0.5) is 10.3 Å². The number of rotatable bonds is 8. The molecule has 0 unspecified atom stereocenters. The average molecular weight is 403 g/mol. The minimum atomic E-state index is -0.398. The van der Waals surface area contributed by atoms with Crippen LogP contribution in [0.5, 0.6) is 5.75 Å². The Morgan fingerprint density at radius 1 is 1.31 bits per heavy atom. The number of nitrogens with zero attached hydrogens (tertiary/aromatic N) is 3. The van der Waals surface area contributed by atoms with Crippen LogP contribution in [0, 0.1) is 11.7 Å². The Morgan fingerprint density at radius 2 is 2.10 bits per heavy atom. The summed E-state index contributed by atoms with van der Waals surface area (Å²) in [4.78, 5) is 22.8. The van der Waals surface area contributed by atoms with Crippen LogP contribution in [0.1, 0.15) is 26.2 Å². The molecule has 1 aliphatic heterocycles. The summed E-state index contributed by atoms with van der Waals surface area (Å²) in [6.45, 7) is 3.86. The molecule has 1 saturated heterocycles. The molecule has 0 radical (unpaired) electrons. The maximum absolute atomic E-state index is 14.4. The zero-order valence-electron chi connectivity index (χ0n) is 16.5. The van der Waals surface area contributed by atoms with Crippen molar-refractivity contribution in [2.75, 3.05) is 37.8 Å². The fraction of sp³-hybridized carbons (Fsp3) is 0.476. The van der Waals surface area contributed by atoms with E-state index in [1.54, 1.807) is 31.3 Å². The van der Waals surface area contributed by atoms with E-state index in [-0.39, 0.29) is 18.5 Å². The van der Waals surface area contributed by atoms with E-state index in [0.29, 0.717) is 68.5 Å². The lowest BCUT2D eigenvalue weighted by Gasteiger charge is -2.30. The summed E-state index contributed by atoms with van der Waals surface area (Å²) >= 11 is 0. The van der Waals surface area contributed by atoms with E-state index in [4.69, 9.17) is 14.6 Å². The number of hydrogen-bond donors (Lipinski definition) is 1. The molecule has 156 valence electrons. The van der Waals surface area contributed by atoms with Crippen molar-refractivity contribution >= 4 is 11.9 Å². The van der Waals surface area contributed by atoms with Crippen molar-refractivity contribution in [3.05, 3.63) is 36.3 Å². The molecule has 29 heavy (non-hydrogen) atoms. The molecular formula is C21H26FN3O4. The molecule has 1 aromatic carbocycles. The predicted octanol–water partition coefficient (Wildman–Crippen LogP) is 2.82. The van der Waals surface area contributed by atoms with Gasteiger partial charge in [0.05, 0.1) is 24.8 Å². The topological polar surface area (TPSA) is 84.8 Å². The number of carbonyl (C=O) groups is 1. The van der Waals surface area contributed by atoms with Crippen LogP contribution in [0.2, 0.25) is 0 Å². The molecule has 0 atom stereocenters. The minimum Gasteiger partial charge on any atom is -0.493 e. The van der Waals surface area contributed by atoms with Crippen molar-refractivity contribution < 1.29 is 23.8 Å². The van der Waals surface area contributed by atoms with E-state index in [0.717, 1.165) is 0 Å². The molecule has 1 aromatic heterocycles. The molecule has 3 rings (SSSR count). The summed E-state index contributed by atoms with van der Waals surface area (Å²) in [6.07, 6.45) is 3.46. The number of anilines is 1. The Kier molecular flexibility index (Phi) is 7.35. The molecule has 1 N–H and O–H groups in total. The van der Waals surface area contributed by atoms with E-state index in [1.165, 1.54) is 6.07 Å². The largest absolute Gasteiger partial charge is 0.493 e. The van der Waals surface area contributed by atoms with Crippen LogP contribution < -0.4 is 9.64 Å². The second-order valence-corrected chi connectivity index (χ2v) is 6.82. The number of halogens is 1. The number of hydrogen-bond acceptors (Lipinski definition) is 7. The van der Waals surface area contributed by atoms with Crippen LogP contribution in [0.15, 0.2) is 30.5 Å². The summed E-state index contributed by atoms with van der Waals surface area (Å²) in [7, 11) is 0. The minimum absolute atomic E-state index is 0.0379. The van der Waals surface area contributed by atoms with Crippen LogP contribution >= 0.6 is 0 Å². The van der Waals surface area contributed by atoms with Gasteiger partial charge in [-0.05, 0) is 44.0 Å². The van der Waals surface area contributed by atoms with Gasteiger partial charge in [-0.15, -0.1) is 0 Å². The summed E-state index contributed by atoms with van der Waals surface area (Å²) in [5, 5.41) is 8.86. The lowest BCUT2D eigenvalue weighted by molar-refractivity contribution is -0.148. The average Bonchev–Trinajstić information content (AvgIpc) is 2.75. The van der Waals surface area contributed by atoms with Crippen LogP contribution in [0.3, 0.4) is 0 Å². The monoisotopic (exact) mass is 403 g/mol. The predicted molar refractivity (Wildman–Crippen MR) is 106 cm³/mol. The first-order valence-electron chi connectivity index (χ1n) is 9.90. The number of aliphatic hydroxyl groups excluding tert-OH is 1. The highest BCUT2D eigenvalue weighted by molar-refractivity contribution is 5.72. The number of carbonyl (C=O) groups excluding carboxylic acids is 1. The Bertz CT molecular complexity index is 825. The van der Waals surface area contributed by atoms with Gasteiger partial charge in [0.15, 0.2) is 0 Å². The first kappa shape index (κ1) is 21.0. The summed E-state index contributed by atoms with van der Waals surface area (Å²) in [5.41, 5.74) is 0.796. The van der Waals surface area contributed by atoms with Gasteiger partial charge in [-0.25, -0.2) is 14.4 Å². The zero-order valence-corrected chi connectivity index (χ0v) is 16.5. The fourth-order valence-corrected chi connectivity index (χ4v) is 3.27. The number of ether oxygens (including phenoxy) is 2. The molecule has 2 heterocycles. The van der Waals surface area contributed by atoms with Crippen LogP contribution in [0.25, 0.3) is 11.3 Å². The molecule has 0 spiro atoms. The third-order valence-corrected chi connectivity index (χ3v) is 4.83. The molecule has 1 fully saturated rings. The van der Waals surface area contributed by atoms with Gasteiger partial charge in [0.1, 0.15) is 11.6 Å². The van der Waals surface area contributed by atoms with Gasteiger partial charge in [-0.2, -0.15) is 0 Å². The molecule has 0 saturated carbocycles. The fourth-order valence-electron chi connectivity index (χ4n) is 3.27. The quantitative estimate of drug-likeness (QED) is 0.536. The number of esters is 1. The lowest BCUT2D eigenvalue weighted by Crippen LogP contribution is -2.37. The van der Waals surface area contributed by atoms with Gasteiger partial charge in [0.2, 0.25) is 5.95 Å². The molecule has 0 aliphatic carbocycles. The Balaban J connectivity index is 1.72. The SMILES string of the molecule is CCOC(=O)C1CCN(c2nccc(-c3cc(OCCCO)ccc3F)n2)CC1. The molecule has 1 aliphatic rings. The molecule has 0 bridgehead atoms. The number of aliphatic hydroxyl groups is 1. The highest BCUT2D eigenvalue weighted by Gasteiger charge is 2.27. The van der Waals surface area contributed by atoms with Gasteiger partial charge < -0.3 is 19.5 Å². The summed E-state index contributed by atoms with van der Waals surface area (Å²) in [6, 6.07) is 6.16. The normalized spacial score (nSPS) is 14.7. The van der Waals surface area contributed by atoms with E-state index in [1.807, 2.05) is 4.90 Å². The van der Waals surface area contributed by atoms with E-state index in [2.05, 4.69) is 9.97 Å². The van der Waals surface area contributed by atoms with Gasteiger partial charge in [0.25, 0.3) is 0 Å². The second-order valence-electron chi connectivity index (χ2n) is 6.82. The molecule has 7 nitrogen and oxygen atoms in total. The van der Waals surface area contributed by atoms with Crippen molar-refractivity contribution in [3.63, 3.8) is 0 Å². The van der Waals surface area contributed by atoms with Crippen molar-refractivity contribution in [2.45, 2.75) is 26.2 Å². The maximum atomic E-state index is 14.4.